The van der Waals surface area contributed by atoms with Gasteiger partial charge in [0.2, 0.25) is 0 Å². The summed E-state index contributed by atoms with van der Waals surface area (Å²) in [6.45, 7) is 3.48. The first kappa shape index (κ1) is 15.7. The Bertz CT molecular complexity index is 411. The topological polar surface area (TPSA) is 98.5 Å². The van der Waals surface area contributed by atoms with Gasteiger partial charge in [-0.25, -0.2) is 4.98 Å². The summed E-state index contributed by atoms with van der Waals surface area (Å²) in [7, 11) is 3.21. The number of carbonyl (C=O) groups excluding carboxylic acids is 1. The Morgan fingerprint density at radius 1 is 1.53 bits per heavy atom. The van der Waals surface area contributed by atoms with Crippen LogP contribution in [0.5, 0.6) is 0 Å². The first-order valence-corrected chi connectivity index (χ1v) is 6.70. The van der Waals surface area contributed by atoms with E-state index in [1.165, 1.54) is 11.3 Å². The van der Waals surface area contributed by atoms with Crippen LogP contribution in [-0.4, -0.2) is 50.9 Å². The molecule has 1 aromatic heterocycles. The van der Waals surface area contributed by atoms with Crippen molar-refractivity contribution in [1.29, 1.82) is 0 Å². The molecule has 0 bridgehead atoms. The van der Waals surface area contributed by atoms with Crippen molar-refractivity contribution < 1.29 is 14.3 Å². The van der Waals surface area contributed by atoms with Crippen molar-refractivity contribution in [2.75, 3.05) is 45.0 Å². The Hall–Kier alpha value is -1.38. The minimum absolute atomic E-state index is 0.0441. The van der Waals surface area contributed by atoms with Gasteiger partial charge in [-0.05, 0) is 6.92 Å². The smallest absolute Gasteiger partial charge is 0.265 e. The SMILES string of the molecule is COCCNc1nc(N)c(C(=O)NCC(C)OC)s1. The van der Waals surface area contributed by atoms with Crippen molar-refractivity contribution in [1.82, 2.24) is 10.3 Å². The van der Waals surface area contributed by atoms with Crippen LogP contribution in [0.25, 0.3) is 0 Å². The predicted molar refractivity (Wildman–Crippen MR) is 75.7 cm³/mol. The van der Waals surface area contributed by atoms with Gasteiger partial charge in [0.15, 0.2) is 5.13 Å². The van der Waals surface area contributed by atoms with E-state index in [0.717, 1.165) is 0 Å². The zero-order valence-electron chi connectivity index (χ0n) is 11.4. The quantitative estimate of drug-likeness (QED) is 0.604. The van der Waals surface area contributed by atoms with Gasteiger partial charge in [-0.3, -0.25) is 4.79 Å². The number of hydrogen-bond donors (Lipinski definition) is 3. The van der Waals surface area contributed by atoms with E-state index in [0.29, 0.717) is 29.7 Å². The van der Waals surface area contributed by atoms with Gasteiger partial charge in [0.05, 0.1) is 12.7 Å². The molecule has 4 N–H and O–H groups in total. The van der Waals surface area contributed by atoms with Gasteiger partial charge < -0.3 is 25.8 Å². The molecule has 0 saturated carbocycles. The number of hydrogen-bond acceptors (Lipinski definition) is 7. The number of nitrogens with two attached hydrogens (primary N) is 1. The van der Waals surface area contributed by atoms with Crippen molar-refractivity contribution in [3.05, 3.63) is 4.88 Å². The number of amides is 1. The molecule has 1 aromatic rings. The third-order valence-corrected chi connectivity index (χ3v) is 3.42. The molecule has 7 nitrogen and oxygen atoms in total. The molecule has 0 aromatic carbocycles. The zero-order valence-corrected chi connectivity index (χ0v) is 12.2. The second kappa shape index (κ2) is 7.93. The van der Waals surface area contributed by atoms with Gasteiger partial charge in [-0.1, -0.05) is 11.3 Å². The van der Waals surface area contributed by atoms with Crippen LogP contribution in [0.15, 0.2) is 0 Å². The van der Waals surface area contributed by atoms with E-state index in [-0.39, 0.29) is 17.8 Å². The van der Waals surface area contributed by atoms with Crippen LogP contribution in [0.2, 0.25) is 0 Å². The van der Waals surface area contributed by atoms with Gasteiger partial charge in [-0.2, -0.15) is 0 Å². The molecular formula is C11H20N4O3S. The molecule has 0 spiro atoms. The average molecular weight is 288 g/mol. The summed E-state index contributed by atoms with van der Waals surface area (Å²) < 4.78 is 9.97. The Kier molecular flexibility index (Phi) is 6.54. The Balaban J connectivity index is 2.54. The lowest BCUT2D eigenvalue weighted by molar-refractivity contribution is 0.0874. The highest BCUT2D eigenvalue weighted by Crippen LogP contribution is 2.24. The fraction of sp³-hybridized carbons (Fsp3) is 0.636. The Labute approximate surface area is 116 Å². The molecule has 108 valence electrons. The van der Waals surface area contributed by atoms with E-state index < -0.39 is 0 Å². The van der Waals surface area contributed by atoms with Crippen LogP contribution in [0.3, 0.4) is 0 Å². The molecule has 19 heavy (non-hydrogen) atoms. The van der Waals surface area contributed by atoms with Gasteiger partial charge in [0.1, 0.15) is 10.7 Å². The summed E-state index contributed by atoms with van der Waals surface area (Å²) >= 11 is 1.22. The number of nitrogen functional groups attached to an aromatic ring is 1. The summed E-state index contributed by atoms with van der Waals surface area (Å²) in [4.78, 5) is 16.4. The van der Waals surface area contributed by atoms with Crippen LogP contribution < -0.4 is 16.4 Å². The van der Waals surface area contributed by atoms with Gasteiger partial charge in [0.25, 0.3) is 5.91 Å². The third-order valence-electron chi connectivity index (χ3n) is 2.39. The number of nitrogens with one attached hydrogen (secondary N) is 2. The average Bonchev–Trinajstić information content (AvgIpc) is 2.77. The lowest BCUT2D eigenvalue weighted by Crippen LogP contribution is -2.31. The molecule has 0 aliphatic rings. The standard InChI is InChI=1S/C11H20N4O3S/c1-7(18-3)6-14-10(16)8-9(12)15-11(19-8)13-4-5-17-2/h7H,4-6,12H2,1-3H3,(H,13,15)(H,14,16). The third kappa shape index (κ3) is 5.01. The number of nitrogens with zero attached hydrogens (tertiary/aromatic N) is 1. The fourth-order valence-electron chi connectivity index (χ4n) is 1.23. The normalized spacial score (nSPS) is 12.2. The van der Waals surface area contributed by atoms with Crippen molar-refractivity contribution in [2.24, 2.45) is 0 Å². The van der Waals surface area contributed by atoms with Crippen LogP contribution >= 0.6 is 11.3 Å². The number of aromatic nitrogens is 1. The minimum Gasteiger partial charge on any atom is -0.383 e. The Morgan fingerprint density at radius 3 is 2.89 bits per heavy atom. The van der Waals surface area contributed by atoms with Crippen molar-refractivity contribution in [2.45, 2.75) is 13.0 Å². The highest BCUT2D eigenvalue weighted by Gasteiger charge is 2.16. The molecule has 1 amide bonds. The van der Waals surface area contributed by atoms with E-state index in [9.17, 15) is 4.79 Å². The molecule has 0 fully saturated rings. The maximum atomic E-state index is 11.9. The molecule has 0 saturated heterocycles. The Morgan fingerprint density at radius 2 is 2.26 bits per heavy atom. The van der Waals surface area contributed by atoms with Crippen molar-refractivity contribution in [3.63, 3.8) is 0 Å². The maximum absolute atomic E-state index is 11.9. The van der Waals surface area contributed by atoms with Gasteiger partial charge in [-0.15, -0.1) is 0 Å². The number of rotatable bonds is 8. The molecule has 1 unspecified atom stereocenters. The molecule has 1 rings (SSSR count). The van der Waals surface area contributed by atoms with E-state index in [2.05, 4.69) is 15.6 Å². The number of anilines is 2. The second-order valence-corrected chi connectivity index (χ2v) is 4.91. The van der Waals surface area contributed by atoms with Crippen LogP contribution in [0, 0.1) is 0 Å². The predicted octanol–water partition coefficient (Wildman–Crippen LogP) is 0.548. The second-order valence-electron chi connectivity index (χ2n) is 3.91. The lowest BCUT2D eigenvalue weighted by atomic mass is 10.4. The molecule has 0 radical (unpaired) electrons. The minimum atomic E-state index is -0.237. The molecule has 0 aliphatic carbocycles. The summed E-state index contributed by atoms with van der Waals surface area (Å²) in [5.41, 5.74) is 5.72. The molecule has 0 aliphatic heterocycles. The molecular weight excluding hydrogens is 268 g/mol. The summed E-state index contributed by atoms with van der Waals surface area (Å²) in [6.07, 6.45) is -0.0441. The molecule has 1 atom stereocenters. The lowest BCUT2D eigenvalue weighted by Gasteiger charge is -2.09. The highest BCUT2D eigenvalue weighted by molar-refractivity contribution is 7.18. The first-order valence-electron chi connectivity index (χ1n) is 5.88. The monoisotopic (exact) mass is 288 g/mol. The van der Waals surface area contributed by atoms with E-state index in [1.54, 1.807) is 14.2 Å². The summed E-state index contributed by atoms with van der Waals surface area (Å²) in [5.74, 6) is -0.00817. The molecule has 8 heteroatoms. The first-order chi connectivity index (χ1) is 9.08. The number of methoxy groups -OCH3 is 2. The molecule has 1 heterocycles. The number of carbonyl (C=O) groups is 1. The fourth-order valence-corrected chi connectivity index (χ4v) is 2.06. The van der Waals surface area contributed by atoms with Crippen molar-refractivity contribution >= 4 is 28.2 Å². The van der Waals surface area contributed by atoms with Crippen LogP contribution in [-0.2, 0) is 9.47 Å². The van der Waals surface area contributed by atoms with Crippen LogP contribution in [0.4, 0.5) is 10.9 Å². The maximum Gasteiger partial charge on any atom is 0.265 e. The van der Waals surface area contributed by atoms with E-state index in [4.69, 9.17) is 15.2 Å². The van der Waals surface area contributed by atoms with Gasteiger partial charge in [0, 0.05) is 27.3 Å². The largest absolute Gasteiger partial charge is 0.383 e. The van der Waals surface area contributed by atoms with Crippen molar-refractivity contribution in [3.8, 4) is 0 Å². The number of ether oxygens (including phenoxy) is 2. The highest BCUT2D eigenvalue weighted by atomic mass is 32.1. The summed E-state index contributed by atoms with van der Waals surface area (Å²) in [5, 5.41) is 6.39. The van der Waals surface area contributed by atoms with E-state index in [1.807, 2.05) is 6.92 Å². The number of thiazole rings is 1. The summed E-state index contributed by atoms with van der Waals surface area (Å²) in [6, 6.07) is 0. The van der Waals surface area contributed by atoms with Crippen LogP contribution in [0.1, 0.15) is 16.6 Å². The van der Waals surface area contributed by atoms with E-state index >= 15 is 0 Å². The van der Waals surface area contributed by atoms with Gasteiger partial charge >= 0.3 is 0 Å². The zero-order chi connectivity index (χ0) is 14.3.